The normalized spacial score (nSPS) is 22.6. The van der Waals surface area contributed by atoms with Gasteiger partial charge in [-0.15, -0.1) is 0 Å². The van der Waals surface area contributed by atoms with Crippen molar-refractivity contribution in [3.8, 4) is 0 Å². The van der Waals surface area contributed by atoms with E-state index in [1.165, 1.54) is 18.5 Å². The summed E-state index contributed by atoms with van der Waals surface area (Å²) in [6.45, 7) is 6.83. The van der Waals surface area contributed by atoms with Gasteiger partial charge in [0.15, 0.2) is 0 Å². The molecular formula is C13H19BrN2. The molecule has 1 aliphatic heterocycles. The molecule has 1 aromatic carbocycles. The molecule has 0 radical (unpaired) electrons. The Bertz CT molecular complexity index is 334. The van der Waals surface area contributed by atoms with E-state index in [0.717, 1.165) is 11.0 Å². The Labute approximate surface area is 106 Å². The number of hydrogen-bond donors (Lipinski definition) is 1. The van der Waals surface area contributed by atoms with Crippen LogP contribution >= 0.6 is 15.9 Å². The average Bonchev–Trinajstić information content (AvgIpc) is 2.30. The van der Waals surface area contributed by atoms with E-state index in [4.69, 9.17) is 0 Å². The van der Waals surface area contributed by atoms with Crippen LogP contribution in [-0.4, -0.2) is 24.0 Å². The van der Waals surface area contributed by atoms with Crippen molar-refractivity contribution in [1.29, 1.82) is 0 Å². The minimum Gasteiger partial charge on any atom is -0.298 e. The summed E-state index contributed by atoms with van der Waals surface area (Å²) in [6.07, 6.45) is 1.62. The second kappa shape index (κ2) is 5.30. The van der Waals surface area contributed by atoms with Crippen LogP contribution in [0, 0.1) is 0 Å². The molecule has 3 heteroatoms. The maximum Gasteiger partial charge on any atom is 0.0863 e. The van der Waals surface area contributed by atoms with Crippen LogP contribution in [0.15, 0.2) is 28.7 Å². The predicted octanol–water partition coefficient (Wildman–Crippen LogP) is 3.15. The standard InChI is InChI=1S/C13H19BrN2/c1-10(2)16-9-3-8-15-13(16)11-4-6-12(14)7-5-11/h4-7,10,13,15H,3,8-9H2,1-2H3. The average molecular weight is 283 g/mol. The number of nitrogens with one attached hydrogen (secondary N) is 1. The van der Waals surface area contributed by atoms with Crippen molar-refractivity contribution in [2.75, 3.05) is 13.1 Å². The highest BCUT2D eigenvalue weighted by Crippen LogP contribution is 2.24. The number of benzene rings is 1. The number of hydrogen-bond acceptors (Lipinski definition) is 2. The zero-order chi connectivity index (χ0) is 11.5. The van der Waals surface area contributed by atoms with E-state index in [1.54, 1.807) is 0 Å². The molecule has 0 saturated carbocycles. The van der Waals surface area contributed by atoms with Gasteiger partial charge in [-0.25, -0.2) is 0 Å². The second-order valence-electron chi connectivity index (χ2n) is 4.59. The minimum atomic E-state index is 0.377. The molecule has 2 rings (SSSR count). The summed E-state index contributed by atoms with van der Waals surface area (Å²) in [4.78, 5) is 2.52. The first kappa shape index (κ1) is 12.1. The number of nitrogens with zero attached hydrogens (tertiary/aromatic N) is 1. The van der Waals surface area contributed by atoms with E-state index >= 15 is 0 Å². The SMILES string of the molecule is CC(C)N1CCCNC1c1ccc(Br)cc1. The van der Waals surface area contributed by atoms with Crippen LogP contribution in [0.1, 0.15) is 32.0 Å². The maximum absolute atomic E-state index is 3.60. The molecule has 1 fully saturated rings. The van der Waals surface area contributed by atoms with Crippen molar-refractivity contribution in [2.45, 2.75) is 32.5 Å². The van der Waals surface area contributed by atoms with E-state index < -0.39 is 0 Å². The fourth-order valence-corrected chi connectivity index (χ4v) is 2.52. The summed E-state index contributed by atoms with van der Waals surface area (Å²) in [7, 11) is 0. The van der Waals surface area contributed by atoms with Crippen LogP contribution in [0.25, 0.3) is 0 Å². The van der Waals surface area contributed by atoms with Gasteiger partial charge < -0.3 is 0 Å². The molecule has 1 N–H and O–H groups in total. The lowest BCUT2D eigenvalue weighted by Gasteiger charge is -2.39. The third kappa shape index (κ3) is 2.65. The highest BCUT2D eigenvalue weighted by atomic mass is 79.9. The quantitative estimate of drug-likeness (QED) is 0.897. The molecule has 88 valence electrons. The second-order valence-corrected chi connectivity index (χ2v) is 5.51. The van der Waals surface area contributed by atoms with Crippen LogP contribution in [0.2, 0.25) is 0 Å². The third-order valence-electron chi connectivity index (χ3n) is 3.11. The molecular weight excluding hydrogens is 264 g/mol. The number of halogens is 1. The van der Waals surface area contributed by atoms with Gasteiger partial charge in [0.05, 0.1) is 6.17 Å². The van der Waals surface area contributed by atoms with Gasteiger partial charge in [-0.3, -0.25) is 10.2 Å². The summed E-state index contributed by atoms with van der Waals surface area (Å²) in [6, 6.07) is 9.21. The summed E-state index contributed by atoms with van der Waals surface area (Å²) >= 11 is 3.48. The van der Waals surface area contributed by atoms with Gasteiger partial charge in [0.2, 0.25) is 0 Å². The van der Waals surface area contributed by atoms with Gasteiger partial charge in [0.1, 0.15) is 0 Å². The third-order valence-corrected chi connectivity index (χ3v) is 3.64. The summed E-state index contributed by atoms with van der Waals surface area (Å²) in [5.74, 6) is 0. The molecule has 0 aliphatic carbocycles. The van der Waals surface area contributed by atoms with E-state index in [1.807, 2.05) is 0 Å². The van der Waals surface area contributed by atoms with Crippen LogP contribution in [-0.2, 0) is 0 Å². The Morgan fingerprint density at radius 2 is 2.00 bits per heavy atom. The summed E-state index contributed by atoms with van der Waals surface area (Å²) in [5, 5.41) is 3.60. The van der Waals surface area contributed by atoms with Crippen molar-refractivity contribution in [2.24, 2.45) is 0 Å². The molecule has 1 atom stereocenters. The van der Waals surface area contributed by atoms with Crippen LogP contribution in [0.5, 0.6) is 0 Å². The van der Waals surface area contributed by atoms with Gasteiger partial charge in [0, 0.05) is 17.1 Å². The predicted molar refractivity (Wildman–Crippen MR) is 71.3 cm³/mol. The van der Waals surface area contributed by atoms with Gasteiger partial charge in [-0.05, 0) is 44.5 Å². The molecule has 2 nitrogen and oxygen atoms in total. The lowest BCUT2D eigenvalue weighted by molar-refractivity contribution is 0.0963. The summed E-state index contributed by atoms with van der Waals surface area (Å²) < 4.78 is 1.14. The van der Waals surface area contributed by atoms with E-state index in [2.05, 4.69) is 64.3 Å². The van der Waals surface area contributed by atoms with Gasteiger partial charge in [-0.2, -0.15) is 0 Å². The Hall–Kier alpha value is -0.380. The first-order valence-corrected chi connectivity index (χ1v) is 6.72. The van der Waals surface area contributed by atoms with Gasteiger partial charge in [0.25, 0.3) is 0 Å². The molecule has 0 bridgehead atoms. The Balaban J connectivity index is 2.19. The lowest BCUT2D eigenvalue weighted by atomic mass is 10.1. The molecule has 0 amide bonds. The van der Waals surface area contributed by atoms with E-state index in [0.29, 0.717) is 12.2 Å². The molecule has 1 aliphatic rings. The van der Waals surface area contributed by atoms with E-state index in [9.17, 15) is 0 Å². The van der Waals surface area contributed by atoms with E-state index in [-0.39, 0.29) is 0 Å². The minimum absolute atomic E-state index is 0.377. The van der Waals surface area contributed by atoms with Crippen LogP contribution in [0.4, 0.5) is 0 Å². The lowest BCUT2D eigenvalue weighted by Crippen LogP contribution is -2.47. The van der Waals surface area contributed by atoms with Crippen molar-refractivity contribution in [3.63, 3.8) is 0 Å². The monoisotopic (exact) mass is 282 g/mol. The molecule has 0 aromatic heterocycles. The summed E-state index contributed by atoms with van der Waals surface area (Å²) in [5.41, 5.74) is 1.36. The molecule has 1 unspecified atom stereocenters. The number of rotatable bonds is 2. The zero-order valence-corrected chi connectivity index (χ0v) is 11.5. The smallest absolute Gasteiger partial charge is 0.0863 e. The van der Waals surface area contributed by atoms with Crippen molar-refractivity contribution in [1.82, 2.24) is 10.2 Å². The zero-order valence-electron chi connectivity index (χ0n) is 9.91. The highest BCUT2D eigenvalue weighted by molar-refractivity contribution is 9.10. The molecule has 0 spiro atoms. The fourth-order valence-electron chi connectivity index (χ4n) is 2.26. The van der Waals surface area contributed by atoms with Gasteiger partial charge in [-0.1, -0.05) is 28.1 Å². The Morgan fingerprint density at radius 3 is 2.62 bits per heavy atom. The maximum atomic E-state index is 3.60. The van der Waals surface area contributed by atoms with Crippen molar-refractivity contribution >= 4 is 15.9 Å². The Morgan fingerprint density at radius 1 is 1.31 bits per heavy atom. The van der Waals surface area contributed by atoms with Crippen molar-refractivity contribution < 1.29 is 0 Å². The van der Waals surface area contributed by atoms with Crippen LogP contribution < -0.4 is 5.32 Å². The molecule has 1 heterocycles. The van der Waals surface area contributed by atoms with Crippen molar-refractivity contribution in [3.05, 3.63) is 34.3 Å². The first-order valence-electron chi connectivity index (χ1n) is 5.93. The molecule has 1 aromatic rings. The largest absolute Gasteiger partial charge is 0.298 e. The Kier molecular flexibility index (Phi) is 4.00. The topological polar surface area (TPSA) is 15.3 Å². The first-order chi connectivity index (χ1) is 7.68. The fraction of sp³-hybridized carbons (Fsp3) is 0.538. The highest BCUT2D eigenvalue weighted by Gasteiger charge is 2.24. The molecule has 1 saturated heterocycles. The van der Waals surface area contributed by atoms with Gasteiger partial charge >= 0.3 is 0 Å². The molecule has 16 heavy (non-hydrogen) atoms. The van der Waals surface area contributed by atoms with Crippen LogP contribution in [0.3, 0.4) is 0 Å².